The van der Waals surface area contributed by atoms with Crippen molar-refractivity contribution in [2.45, 2.75) is 26.0 Å². The van der Waals surface area contributed by atoms with Gasteiger partial charge in [0.25, 0.3) is 0 Å². The molecule has 0 saturated carbocycles. The van der Waals surface area contributed by atoms with Crippen LogP contribution >= 0.6 is 12.4 Å². The van der Waals surface area contributed by atoms with E-state index in [1.165, 1.54) is 12.1 Å². The first-order chi connectivity index (χ1) is 9.63. The number of carbonyl (C=O) groups is 1. The molecule has 1 fully saturated rings. The molecule has 21 heavy (non-hydrogen) atoms. The van der Waals surface area contributed by atoms with Gasteiger partial charge in [-0.1, -0.05) is 12.1 Å². The van der Waals surface area contributed by atoms with Crippen LogP contribution in [-0.2, 0) is 11.3 Å². The predicted octanol–water partition coefficient (Wildman–Crippen LogP) is 2.33. The molecule has 0 radical (unpaired) electrons. The van der Waals surface area contributed by atoms with Gasteiger partial charge in [-0.05, 0) is 43.1 Å². The molecule has 7 heteroatoms. The smallest absolute Gasteiger partial charge is 0.387 e. The topological polar surface area (TPSA) is 50.4 Å². The van der Waals surface area contributed by atoms with Gasteiger partial charge in [-0.3, -0.25) is 4.79 Å². The highest BCUT2D eigenvalue weighted by molar-refractivity contribution is 5.85. The first-order valence-electron chi connectivity index (χ1n) is 6.64. The van der Waals surface area contributed by atoms with Crippen molar-refractivity contribution in [3.63, 3.8) is 0 Å². The van der Waals surface area contributed by atoms with Crippen LogP contribution in [0.2, 0.25) is 0 Å². The first-order valence-corrected chi connectivity index (χ1v) is 6.64. The Bertz CT molecular complexity index is 437. The van der Waals surface area contributed by atoms with Gasteiger partial charge in [-0.2, -0.15) is 8.78 Å². The van der Waals surface area contributed by atoms with Gasteiger partial charge in [0, 0.05) is 13.0 Å². The van der Waals surface area contributed by atoms with Gasteiger partial charge in [0.05, 0.1) is 0 Å². The summed E-state index contributed by atoms with van der Waals surface area (Å²) >= 11 is 0. The number of hydrogen-bond donors (Lipinski definition) is 2. The SMILES string of the molecule is Cl.O=C(CC1CCNC1)NCc1ccc(OC(F)F)cc1. The number of alkyl halides is 2. The van der Waals surface area contributed by atoms with Crippen LogP contribution in [0.5, 0.6) is 5.75 Å². The van der Waals surface area contributed by atoms with Gasteiger partial charge in [-0.15, -0.1) is 12.4 Å². The molecule has 1 aliphatic heterocycles. The van der Waals surface area contributed by atoms with E-state index in [0.29, 0.717) is 18.9 Å². The highest BCUT2D eigenvalue weighted by Crippen LogP contribution is 2.15. The molecule has 4 nitrogen and oxygen atoms in total. The maximum Gasteiger partial charge on any atom is 0.387 e. The zero-order valence-corrected chi connectivity index (χ0v) is 12.3. The number of halogens is 3. The van der Waals surface area contributed by atoms with Crippen molar-refractivity contribution in [2.75, 3.05) is 13.1 Å². The Morgan fingerprint density at radius 1 is 1.38 bits per heavy atom. The maximum atomic E-state index is 12.0. The lowest BCUT2D eigenvalue weighted by Gasteiger charge is -2.10. The van der Waals surface area contributed by atoms with E-state index < -0.39 is 6.61 Å². The molecule has 0 bridgehead atoms. The van der Waals surface area contributed by atoms with Crippen LogP contribution in [0.25, 0.3) is 0 Å². The first kappa shape index (κ1) is 17.7. The molecular formula is C14H19ClF2N2O2. The normalized spacial score (nSPS) is 17.4. The average molecular weight is 321 g/mol. The summed E-state index contributed by atoms with van der Waals surface area (Å²) in [6.07, 6.45) is 1.56. The molecule has 0 aromatic heterocycles. The van der Waals surface area contributed by atoms with E-state index in [0.717, 1.165) is 25.1 Å². The molecule has 0 spiro atoms. The Morgan fingerprint density at radius 3 is 2.67 bits per heavy atom. The number of nitrogens with one attached hydrogen (secondary N) is 2. The third-order valence-electron chi connectivity index (χ3n) is 3.27. The fourth-order valence-corrected chi connectivity index (χ4v) is 2.21. The Kier molecular flexibility index (Phi) is 7.39. The van der Waals surface area contributed by atoms with Gasteiger partial charge in [0.15, 0.2) is 0 Å². The molecule has 118 valence electrons. The standard InChI is InChI=1S/C14H18F2N2O2.ClH/c15-14(16)20-12-3-1-10(2-4-12)9-18-13(19)7-11-5-6-17-8-11;/h1-4,11,14,17H,5-9H2,(H,18,19);1H. The predicted molar refractivity (Wildman–Crippen MR) is 77.8 cm³/mol. The molecular weight excluding hydrogens is 302 g/mol. The van der Waals surface area contributed by atoms with Crippen molar-refractivity contribution < 1.29 is 18.3 Å². The zero-order valence-electron chi connectivity index (χ0n) is 11.5. The van der Waals surface area contributed by atoms with Crippen molar-refractivity contribution in [3.05, 3.63) is 29.8 Å². The minimum absolute atomic E-state index is 0. The van der Waals surface area contributed by atoms with Crippen molar-refractivity contribution in [2.24, 2.45) is 5.92 Å². The molecule has 1 aromatic rings. The van der Waals surface area contributed by atoms with E-state index >= 15 is 0 Å². The molecule has 1 saturated heterocycles. The highest BCUT2D eigenvalue weighted by atomic mass is 35.5. The van der Waals surface area contributed by atoms with Crippen molar-refractivity contribution in [1.82, 2.24) is 10.6 Å². The fraction of sp³-hybridized carbons (Fsp3) is 0.500. The third kappa shape index (κ3) is 6.27. The van der Waals surface area contributed by atoms with Crippen LogP contribution < -0.4 is 15.4 Å². The van der Waals surface area contributed by atoms with Crippen LogP contribution in [0.4, 0.5) is 8.78 Å². The fourth-order valence-electron chi connectivity index (χ4n) is 2.21. The summed E-state index contributed by atoms with van der Waals surface area (Å²) in [5.41, 5.74) is 0.851. The number of ether oxygens (including phenoxy) is 1. The summed E-state index contributed by atoms with van der Waals surface area (Å²) in [5, 5.41) is 6.05. The number of amides is 1. The van der Waals surface area contributed by atoms with E-state index in [1.54, 1.807) is 12.1 Å². The molecule has 1 amide bonds. The Labute approximate surface area is 128 Å². The molecule has 1 aromatic carbocycles. The van der Waals surface area contributed by atoms with Gasteiger partial charge >= 0.3 is 6.61 Å². The molecule has 1 atom stereocenters. The Balaban J connectivity index is 0.00000220. The Morgan fingerprint density at radius 2 is 2.10 bits per heavy atom. The van der Waals surface area contributed by atoms with Crippen molar-refractivity contribution in [1.29, 1.82) is 0 Å². The molecule has 1 aliphatic rings. The van der Waals surface area contributed by atoms with E-state index in [9.17, 15) is 13.6 Å². The second kappa shape index (κ2) is 8.79. The summed E-state index contributed by atoms with van der Waals surface area (Å²) in [6.45, 7) is -0.550. The van der Waals surface area contributed by atoms with E-state index in [2.05, 4.69) is 15.4 Å². The lowest BCUT2D eigenvalue weighted by atomic mass is 10.0. The maximum absolute atomic E-state index is 12.0. The second-order valence-electron chi connectivity index (χ2n) is 4.86. The van der Waals surface area contributed by atoms with Crippen molar-refractivity contribution in [3.8, 4) is 5.75 Å². The van der Waals surface area contributed by atoms with E-state index in [-0.39, 0.29) is 24.1 Å². The van der Waals surface area contributed by atoms with Crippen molar-refractivity contribution >= 4 is 18.3 Å². The Hall–Kier alpha value is -1.40. The van der Waals surface area contributed by atoms with Gasteiger partial charge in [0.1, 0.15) is 5.75 Å². The quantitative estimate of drug-likeness (QED) is 0.846. The summed E-state index contributed by atoms with van der Waals surface area (Å²) in [7, 11) is 0. The summed E-state index contributed by atoms with van der Waals surface area (Å²) in [5.74, 6) is 0.551. The number of hydrogen-bond acceptors (Lipinski definition) is 3. The van der Waals surface area contributed by atoms with Crippen LogP contribution in [0.1, 0.15) is 18.4 Å². The summed E-state index contributed by atoms with van der Waals surface area (Å²) < 4.78 is 28.2. The molecule has 1 heterocycles. The summed E-state index contributed by atoms with van der Waals surface area (Å²) in [6, 6.07) is 6.26. The molecule has 2 rings (SSSR count). The summed E-state index contributed by atoms with van der Waals surface area (Å²) in [4.78, 5) is 11.7. The third-order valence-corrected chi connectivity index (χ3v) is 3.27. The minimum Gasteiger partial charge on any atom is -0.435 e. The molecule has 2 N–H and O–H groups in total. The molecule has 1 unspecified atom stereocenters. The zero-order chi connectivity index (χ0) is 14.4. The average Bonchev–Trinajstić information content (AvgIpc) is 2.90. The number of carbonyl (C=O) groups excluding carboxylic acids is 1. The van der Waals surface area contributed by atoms with Crippen LogP contribution in [0.3, 0.4) is 0 Å². The number of benzene rings is 1. The van der Waals surface area contributed by atoms with Crippen LogP contribution in [0.15, 0.2) is 24.3 Å². The number of rotatable bonds is 6. The van der Waals surface area contributed by atoms with Gasteiger partial charge in [-0.25, -0.2) is 0 Å². The minimum atomic E-state index is -2.82. The largest absolute Gasteiger partial charge is 0.435 e. The highest BCUT2D eigenvalue weighted by Gasteiger charge is 2.17. The van der Waals surface area contributed by atoms with Gasteiger partial charge in [0.2, 0.25) is 5.91 Å². The lowest BCUT2D eigenvalue weighted by Crippen LogP contribution is -2.25. The monoisotopic (exact) mass is 320 g/mol. The second-order valence-corrected chi connectivity index (χ2v) is 4.86. The van der Waals surface area contributed by atoms with Gasteiger partial charge < -0.3 is 15.4 Å². The molecule has 0 aliphatic carbocycles. The van der Waals surface area contributed by atoms with Crippen LogP contribution in [-0.4, -0.2) is 25.6 Å². The van der Waals surface area contributed by atoms with E-state index in [4.69, 9.17) is 0 Å². The van der Waals surface area contributed by atoms with E-state index in [1.807, 2.05) is 0 Å². The van der Waals surface area contributed by atoms with Crippen LogP contribution in [0, 0.1) is 5.92 Å². The lowest BCUT2D eigenvalue weighted by molar-refractivity contribution is -0.122.